The van der Waals surface area contributed by atoms with Gasteiger partial charge < -0.3 is 10.2 Å². The highest BCUT2D eigenvalue weighted by molar-refractivity contribution is 5.93. The molecule has 1 unspecified atom stereocenters. The Morgan fingerprint density at radius 2 is 2.29 bits per heavy atom. The van der Waals surface area contributed by atoms with E-state index in [2.05, 4.69) is 10.3 Å². The Kier molecular flexibility index (Phi) is 4.09. The summed E-state index contributed by atoms with van der Waals surface area (Å²) in [7, 11) is 0. The van der Waals surface area contributed by atoms with Crippen LogP contribution in [0.4, 0.5) is 5.69 Å². The number of pyridine rings is 1. The number of rotatable bonds is 4. The number of carbonyl (C=O) groups excluding carboxylic acids is 1. The third-order valence-electron chi connectivity index (χ3n) is 3.22. The van der Waals surface area contributed by atoms with Crippen LogP contribution in [0.5, 0.6) is 0 Å². The molecule has 0 aliphatic carbocycles. The molecule has 92 valence electrons. The van der Waals surface area contributed by atoms with Crippen LogP contribution in [-0.2, 0) is 4.79 Å². The normalized spacial score (nSPS) is 19.2. The lowest BCUT2D eigenvalue weighted by molar-refractivity contribution is -0.119. The fraction of sp³-hybridized carbons (Fsp3) is 0.538. The fourth-order valence-corrected chi connectivity index (χ4v) is 2.27. The molecule has 0 spiro atoms. The first-order chi connectivity index (χ1) is 8.31. The molecule has 0 radical (unpaired) electrons. The van der Waals surface area contributed by atoms with E-state index >= 15 is 0 Å². The molecule has 1 aliphatic rings. The Labute approximate surface area is 102 Å². The third-order valence-corrected chi connectivity index (χ3v) is 3.22. The number of amides is 1. The minimum absolute atomic E-state index is 0.215. The summed E-state index contributed by atoms with van der Waals surface area (Å²) in [5.41, 5.74) is 0.943. The Hall–Kier alpha value is -1.42. The Morgan fingerprint density at radius 3 is 2.88 bits per heavy atom. The smallest absolute Gasteiger partial charge is 0.227 e. The molecule has 1 N–H and O–H groups in total. The van der Waals surface area contributed by atoms with Gasteiger partial charge in [-0.2, -0.15) is 0 Å². The van der Waals surface area contributed by atoms with Gasteiger partial charge in [-0.3, -0.25) is 9.78 Å². The molecule has 2 rings (SSSR count). The lowest BCUT2D eigenvalue weighted by Gasteiger charge is -2.22. The predicted octanol–water partition coefficient (Wildman–Crippen LogP) is 1.43. The largest absolute Gasteiger partial charge is 0.316 e. The maximum atomic E-state index is 12.2. The van der Waals surface area contributed by atoms with Gasteiger partial charge in [-0.25, -0.2) is 0 Å². The zero-order valence-electron chi connectivity index (χ0n) is 10.2. The number of nitrogens with zero attached hydrogens (tertiary/aromatic N) is 2. The van der Waals surface area contributed by atoms with E-state index in [0.29, 0.717) is 18.9 Å². The molecule has 4 nitrogen and oxygen atoms in total. The molecule has 1 atom stereocenters. The van der Waals surface area contributed by atoms with Crippen molar-refractivity contribution in [2.45, 2.75) is 19.8 Å². The second-order valence-corrected chi connectivity index (χ2v) is 4.41. The van der Waals surface area contributed by atoms with E-state index in [4.69, 9.17) is 0 Å². The van der Waals surface area contributed by atoms with Gasteiger partial charge in [0.15, 0.2) is 0 Å². The number of hydrogen-bond donors (Lipinski definition) is 1. The van der Waals surface area contributed by atoms with Crippen molar-refractivity contribution in [3.05, 3.63) is 24.5 Å². The van der Waals surface area contributed by atoms with Crippen LogP contribution in [0.1, 0.15) is 19.8 Å². The third kappa shape index (κ3) is 3.03. The lowest BCUT2D eigenvalue weighted by atomic mass is 10.0. The predicted molar refractivity (Wildman–Crippen MR) is 67.9 cm³/mol. The second kappa shape index (κ2) is 5.77. The topological polar surface area (TPSA) is 45.2 Å². The fourth-order valence-electron chi connectivity index (χ4n) is 2.27. The second-order valence-electron chi connectivity index (χ2n) is 4.41. The average Bonchev–Trinajstić information content (AvgIpc) is 2.84. The van der Waals surface area contributed by atoms with E-state index < -0.39 is 0 Å². The van der Waals surface area contributed by atoms with E-state index in [9.17, 15) is 4.79 Å². The van der Waals surface area contributed by atoms with Crippen molar-refractivity contribution < 1.29 is 4.79 Å². The molecule has 1 aromatic heterocycles. The van der Waals surface area contributed by atoms with Gasteiger partial charge in [0.25, 0.3) is 0 Å². The van der Waals surface area contributed by atoms with Crippen molar-refractivity contribution in [1.82, 2.24) is 10.3 Å². The number of anilines is 1. The molecule has 17 heavy (non-hydrogen) atoms. The first kappa shape index (κ1) is 12.0. The highest BCUT2D eigenvalue weighted by Gasteiger charge is 2.21. The molecule has 1 saturated heterocycles. The zero-order valence-corrected chi connectivity index (χ0v) is 10.2. The summed E-state index contributed by atoms with van der Waals surface area (Å²) in [5.74, 6) is 0.714. The summed E-state index contributed by atoms with van der Waals surface area (Å²) in [5, 5.41) is 3.29. The van der Waals surface area contributed by atoms with Gasteiger partial charge in [0, 0.05) is 31.0 Å². The Morgan fingerprint density at radius 1 is 1.53 bits per heavy atom. The number of carbonyl (C=O) groups is 1. The minimum Gasteiger partial charge on any atom is -0.316 e. The van der Waals surface area contributed by atoms with Crippen LogP contribution in [0.15, 0.2) is 24.5 Å². The standard InChI is InChI=1S/C13H19N3O/c1-2-16(12-4-7-14-8-5-12)13(17)9-11-3-6-15-10-11/h4-5,7-8,11,15H,2-3,6,9-10H2,1H3. The van der Waals surface area contributed by atoms with Crippen LogP contribution in [0, 0.1) is 5.92 Å². The number of nitrogens with one attached hydrogen (secondary N) is 1. The monoisotopic (exact) mass is 233 g/mol. The molecule has 1 amide bonds. The van der Waals surface area contributed by atoms with E-state index in [1.165, 1.54) is 0 Å². The van der Waals surface area contributed by atoms with Crippen LogP contribution in [0.2, 0.25) is 0 Å². The number of aromatic nitrogens is 1. The van der Waals surface area contributed by atoms with E-state index in [1.54, 1.807) is 12.4 Å². The highest BCUT2D eigenvalue weighted by atomic mass is 16.2. The molecule has 0 aromatic carbocycles. The first-order valence-electron chi connectivity index (χ1n) is 6.22. The lowest BCUT2D eigenvalue weighted by Crippen LogP contribution is -2.32. The summed E-state index contributed by atoms with van der Waals surface area (Å²) in [6.07, 6.45) is 5.20. The summed E-state index contributed by atoms with van der Waals surface area (Å²) in [4.78, 5) is 18.0. The molecule has 1 fully saturated rings. The quantitative estimate of drug-likeness (QED) is 0.855. The van der Waals surface area contributed by atoms with Gasteiger partial charge in [-0.1, -0.05) is 0 Å². The molecular weight excluding hydrogens is 214 g/mol. The van der Waals surface area contributed by atoms with Crippen molar-refractivity contribution in [2.75, 3.05) is 24.5 Å². The summed E-state index contributed by atoms with van der Waals surface area (Å²) in [6.45, 7) is 4.73. The number of hydrogen-bond acceptors (Lipinski definition) is 3. The van der Waals surface area contributed by atoms with E-state index in [-0.39, 0.29) is 5.91 Å². The van der Waals surface area contributed by atoms with Crippen molar-refractivity contribution in [1.29, 1.82) is 0 Å². The van der Waals surface area contributed by atoms with Gasteiger partial charge in [0.05, 0.1) is 0 Å². The zero-order chi connectivity index (χ0) is 12.1. The van der Waals surface area contributed by atoms with E-state index in [1.807, 2.05) is 24.0 Å². The van der Waals surface area contributed by atoms with Gasteiger partial charge in [0.2, 0.25) is 5.91 Å². The average molecular weight is 233 g/mol. The molecule has 2 heterocycles. The van der Waals surface area contributed by atoms with Crippen LogP contribution in [0.25, 0.3) is 0 Å². The molecule has 1 aromatic rings. The van der Waals surface area contributed by atoms with Gasteiger partial charge in [-0.05, 0) is 44.5 Å². The highest BCUT2D eigenvalue weighted by Crippen LogP contribution is 2.18. The van der Waals surface area contributed by atoms with Gasteiger partial charge >= 0.3 is 0 Å². The van der Waals surface area contributed by atoms with Crippen molar-refractivity contribution >= 4 is 11.6 Å². The maximum absolute atomic E-state index is 12.2. The molecule has 0 bridgehead atoms. The Bertz CT molecular complexity index is 360. The van der Waals surface area contributed by atoms with Crippen LogP contribution >= 0.6 is 0 Å². The molecule has 1 aliphatic heterocycles. The summed E-state index contributed by atoms with van der Waals surface area (Å²) >= 11 is 0. The summed E-state index contributed by atoms with van der Waals surface area (Å²) in [6, 6.07) is 3.77. The SMILES string of the molecule is CCN(C(=O)CC1CCNC1)c1ccncc1. The Balaban J connectivity index is 2.00. The van der Waals surface area contributed by atoms with Crippen molar-refractivity contribution in [2.24, 2.45) is 5.92 Å². The molecular formula is C13H19N3O. The first-order valence-corrected chi connectivity index (χ1v) is 6.22. The van der Waals surface area contributed by atoms with Gasteiger partial charge in [-0.15, -0.1) is 0 Å². The van der Waals surface area contributed by atoms with Crippen LogP contribution < -0.4 is 10.2 Å². The van der Waals surface area contributed by atoms with Crippen LogP contribution in [0.3, 0.4) is 0 Å². The molecule has 4 heteroatoms. The van der Waals surface area contributed by atoms with Gasteiger partial charge in [0.1, 0.15) is 0 Å². The molecule has 0 saturated carbocycles. The van der Waals surface area contributed by atoms with Crippen LogP contribution in [-0.4, -0.2) is 30.5 Å². The maximum Gasteiger partial charge on any atom is 0.227 e. The minimum atomic E-state index is 0.215. The van der Waals surface area contributed by atoms with E-state index in [0.717, 1.165) is 25.2 Å². The van der Waals surface area contributed by atoms with Crippen molar-refractivity contribution in [3.63, 3.8) is 0 Å². The summed E-state index contributed by atoms with van der Waals surface area (Å²) < 4.78 is 0. The van der Waals surface area contributed by atoms with Crippen molar-refractivity contribution in [3.8, 4) is 0 Å².